The van der Waals surface area contributed by atoms with Crippen molar-refractivity contribution < 1.29 is 0 Å². The first-order chi connectivity index (χ1) is 18.0. The molecule has 0 spiro atoms. The van der Waals surface area contributed by atoms with Crippen LogP contribution in [-0.4, -0.2) is 9.55 Å². The second kappa shape index (κ2) is 11.1. The predicted molar refractivity (Wildman–Crippen MR) is 168 cm³/mol. The average Bonchev–Trinajstić information content (AvgIpc) is 3.36. The number of hydrogen-bond acceptors (Lipinski definition) is 1. The van der Waals surface area contributed by atoms with Gasteiger partial charge in [0.15, 0.2) is 0 Å². The van der Waals surface area contributed by atoms with Crippen molar-refractivity contribution in [2.75, 3.05) is 0 Å². The third-order valence-corrected chi connectivity index (χ3v) is 9.62. The third kappa shape index (κ3) is 4.40. The fraction of sp³-hybridized carbons (Fsp3) is 0.472. The van der Waals surface area contributed by atoms with E-state index in [1.165, 1.54) is 27.8 Å². The average molecular weight is 511 g/mol. The molecular weight excluding hydrogens is 460 g/mol. The first-order valence-electron chi connectivity index (χ1n) is 14.7. The van der Waals surface area contributed by atoms with Gasteiger partial charge in [0, 0.05) is 11.3 Å². The zero-order valence-corrected chi connectivity index (χ0v) is 26.0. The van der Waals surface area contributed by atoms with Gasteiger partial charge in [0.05, 0.1) is 11.0 Å². The number of rotatable bonds is 4. The van der Waals surface area contributed by atoms with Gasteiger partial charge in [-0.05, 0) is 69.5 Å². The number of imidazole rings is 1. The van der Waals surface area contributed by atoms with E-state index in [0.717, 1.165) is 23.4 Å². The second-order valence-electron chi connectivity index (χ2n) is 11.8. The Balaban J connectivity index is 0.000000956. The minimum atomic E-state index is 0.0562. The Morgan fingerprint density at radius 3 is 1.84 bits per heavy atom. The fourth-order valence-electron chi connectivity index (χ4n) is 5.98. The Bertz CT molecular complexity index is 1370. The van der Waals surface area contributed by atoms with Crippen LogP contribution in [0.2, 0.25) is 0 Å². The van der Waals surface area contributed by atoms with Crippen LogP contribution in [0.25, 0.3) is 28.1 Å². The normalized spacial score (nSPS) is 17.1. The van der Waals surface area contributed by atoms with Gasteiger partial charge in [-0.3, -0.25) is 4.57 Å². The Kier molecular flexibility index (Phi) is 8.66. The number of nitrogens with zero attached hydrogens (tertiary/aromatic N) is 2. The van der Waals surface area contributed by atoms with Gasteiger partial charge in [0.1, 0.15) is 5.82 Å². The zero-order chi connectivity index (χ0) is 28.5. The van der Waals surface area contributed by atoms with E-state index in [2.05, 4.69) is 127 Å². The maximum Gasteiger partial charge on any atom is 0.146 e. The van der Waals surface area contributed by atoms with E-state index in [1.54, 1.807) is 0 Å². The zero-order valence-electron chi connectivity index (χ0n) is 26.0. The highest BCUT2D eigenvalue weighted by Gasteiger charge is 2.57. The van der Waals surface area contributed by atoms with Gasteiger partial charge in [-0.15, -0.1) is 0 Å². The molecule has 204 valence electrons. The third-order valence-electron chi connectivity index (χ3n) is 9.62. The van der Waals surface area contributed by atoms with Crippen LogP contribution < -0.4 is 0 Å². The maximum absolute atomic E-state index is 5.34. The van der Waals surface area contributed by atoms with Crippen LogP contribution in [0.4, 0.5) is 0 Å². The summed E-state index contributed by atoms with van der Waals surface area (Å²) in [5.74, 6) is 1.51. The van der Waals surface area contributed by atoms with E-state index in [1.807, 2.05) is 27.7 Å². The van der Waals surface area contributed by atoms with Crippen molar-refractivity contribution in [2.24, 2.45) is 5.41 Å². The maximum atomic E-state index is 5.34. The van der Waals surface area contributed by atoms with Crippen LogP contribution in [0.3, 0.4) is 0 Å². The first-order valence-corrected chi connectivity index (χ1v) is 14.7. The van der Waals surface area contributed by atoms with Crippen molar-refractivity contribution in [1.29, 1.82) is 0 Å². The molecule has 0 N–H and O–H groups in total. The molecule has 0 fully saturated rings. The van der Waals surface area contributed by atoms with Crippen molar-refractivity contribution in [3.63, 3.8) is 0 Å². The summed E-state index contributed by atoms with van der Waals surface area (Å²) in [6.07, 6.45) is 1.11. The molecule has 0 radical (unpaired) electrons. The highest BCUT2D eigenvalue weighted by molar-refractivity contribution is 5.86. The lowest BCUT2D eigenvalue weighted by Gasteiger charge is -2.44. The Hall–Kier alpha value is -2.87. The van der Waals surface area contributed by atoms with Crippen molar-refractivity contribution in [2.45, 2.75) is 106 Å². The van der Waals surface area contributed by atoms with E-state index in [-0.39, 0.29) is 16.2 Å². The Morgan fingerprint density at radius 2 is 1.26 bits per heavy atom. The van der Waals surface area contributed by atoms with E-state index in [9.17, 15) is 0 Å². The first kappa shape index (κ1) is 29.7. The van der Waals surface area contributed by atoms with Crippen LogP contribution in [0.1, 0.15) is 112 Å². The molecule has 1 aromatic heterocycles. The predicted octanol–water partition coefficient (Wildman–Crippen LogP) is 10.9. The molecule has 0 saturated carbocycles. The molecule has 2 heteroatoms. The van der Waals surface area contributed by atoms with Gasteiger partial charge >= 0.3 is 0 Å². The standard InChI is InChI=1S/C32H38N2.2C2H6/c1-9-21(2)23-17-13-14-18-24(23)29-33-27-19-25-26(31(5,6)32(7,8)30(25,3)4)20-28(27)34(29)22-15-11-10-12-16-22;2*1-2/h10-21H,9H2,1-8H3;2*1-2H3. The molecular formula is C36H50N2. The fourth-order valence-corrected chi connectivity index (χ4v) is 5.98. The van der Waals surface area contributed by atoms with Crippen LogP contribution >= 0.6 is 0 Å². The molecule has 1 aliphatic rings. The molecule has 0 aliphatic heterocycles. The van der Waals surface area contributed by atoms with Gasteiger partial charge < -0.3 is 0 Å². The monoisotopic (exact) mass is 510 g/mol. The molecule has 1 aliphatic carbocycles. The molecule has 0 amide bonds. The van der Waals surface area contributed by atoms with Crippen molar-refractivity contribution in [3.8, 4) is 17.1 Å². The molecule has 1 heterocycles. The molecule has 3 aromatic carbocycles. The van der Waals surface area contributed by atoms with Gasteiger partial charge in [0.25, 0.3) is 0 Å². The van der Waals surface area contributed by atoms with Crippen LogP contribution in [0, 0.1) is 5.41 Å². The largest absolute Gasteiger partial charge is 0.292 e. The smallest absolute Gasteiger partial charge is 0.146 e. The summed E-state index contributed by atoms with van der Waals surface area (Å²) in [7, 11) is 0. The Morgan fingerprint density at radius 1 is 0.737 bits per heavy atom. The van der Waals surface area contributed by atoms with Crippen molar-refractivity contribution in [1.82, 2.24) is 9.55 Å². The van der Waals surface area contributed by atoms with Crippen LogP contribution in [0.5, 0.6) is 0 Å². The summed E-state index contributed by atoms with van der Waals surface area (Å²) >= 11 is 0. The highest BCUT2D eigenvalue weighted by Crippen LogP contribution is 2.62. The Labute approximate surface area is 232 Å². The summed E-state index contributed by atoms with van der Waals surface area (Å²) in [6.45, 7) is 27.0. The summed E-state index contributed by atoms with van der Waals surface area (Å²) < 4.78 is 2.38. The molecule has 38 heavy (non-hydrogen) atoms. The summed E-state index contributed by atoms with van der Waals surface area (Å²) in [5.41, 5.74) is 9.18. The van der Waals surface area contributed by atoms with E-state index >= 15 is 0 Å². The van der Waals surface area contributed by atoms with Gasteiger partial charge in [-0.2, -0.15) is 0 Å². The molecule has 2 nitrogen and oxygen atoms in total. The number of benzene rings is 3. The molecule has 0 bridgehead atoms. The molecule has 1 unspecified atom stereocenters. The topological polar surface area (TPSA) is 17.8 Å². The lowest BCUT2D eigenvalue weighted by Crippen LogP contribution is -2.42. The summed E-state index contributed by atoms with van der Waals surface area (Å²) in [4.78, 5) is 5.34. The van der Waals surface area contributed by atoms with Crippen LogP contribution in [-0.2, 0) is 10.8 Å². The molecule has 5 rings (SSSR count). The van der Waals surface area contributed by atoms with Crippen LogP contribution in [0.15, 0.2) is 66.7 Å². The minimum absolute atomic E-state index is 0.0562. The minimum Gasteiger partial charge on any atom is -0.292 e. The van der Waals surface area contributed by atoms with E-state index in [4.69, 9.17) is 4.98 Å². The van der Waals surface area contributed by atoms with E-state index in [0.29, 0.717) is 5.92 Å². The summed E-state index contributed by atoms with van der Waals surface area (Å²) in [6, 6.07) is 24.4. The molecule has 1 atom stereocenters. The van der Waals surface area contributed by atoms with Gasteiger partial charge in [-0.1, -0.05) is 126 Å². The SMILES string of the molecule is CC.CC.CCC(C)c1ccccc1-c1nc2cc3c(cc2n1-c1ccccc1)C(C)(C)C(C)(C)C3(C)C. The molecule has 0 saturated heterocycles. The van der Waals surface area contributed by atoms with E-state index < -0.39 is 0 Å². The number of hydrogen-bond donors (Lipinski definition) is 0. The second-order valence-corrected chi connectivity index (χ2v) is 11.8. The number of aromatic nitrogens is 2. The lowest BCUT2D eigenvalue weighted by atomic mass is 9.59. The lowest BCUT2D eigenvalue weighted by molar-refractivity contribution is 0.125. The van der Waals surface area contributed by atoms with Crippen molar-refractivity contribution in [3.05, 3.63) is 83.4 Å². The van der Waals surface area contributed by atoms with Gasteiger partial charge in [-0.25, -0.2) is 4.98 Å². The van der Waals surface area contributed by atoms with Gasteiger partial charge in [0.2, 0.25) is 0 Å². The quantitative estimate of drug-likeness (QED) is 0.267. The molecule has 4 aromatic rings. The van der Waals surface area contributed by atoms with Crippen molar-refractivity contribution >= 4 is 11.0 Å². The number of fused-ring (bicyclic) bond motifs is 2. The highest BCUT2D eigenvalue weighted by atomic mass is 15.1. The number of para-hydroxylation sites is 1. The summed E-state index contributed by atoms with van der Waals surface area (Å²) in [5, 5.41) is 0.